The van der Waals surface area contributed by atoms with Gasteiger partial charge in [-0.3, -0.25) is 14.7 Å². The second kappa shape index (κ2) is 6.37. The normalized spacial score (nSPS) is 11.4. The second-order valence-electron chi connectivity index (χ2n) is 3.36. The SMILES string of the molecule is O=[N+]([O-])c1cc(Cl)ccc1SCCCS(=O)(=O)O. The molecule has 1 aromatic carbocycles. The molecular weight excluding hydrogens is 302 g/mol. The van der Waals surface area contributed by atoms with Gasteiger partial charge in [0.05, 0.1) is 15.6 Å². The largest absolute Gasteiger partial charge is 0.286 e. The molecule has 9 heteroatoms. The monoisotopic (exact) mass is 311 g/mol. The molecule has 0 aliphatic rings. The molecule has 0 aliphatic carbocycles. The van der Waals surface area contributed by atoms with Crippen LogP contribution >= 0.6 is 23.4 Å². The quantitative estimate of drug-likeness (QED) is 0.285. The van der Waals surface area contributed by atoms with E-state index in [2.05, 4.69) is 0 Å². The molecule has 0 saturated carbocycles. The molecule has 0 amide bonds. The summed E-state index contributed by atoms with van der Waals surface area (Å²) < 4.78 is 29.5. The van der Waals surface area contributed by atoms with E-state index in [0.717, 1.165) is 11.8 Å². The molecule has 1 N–H and O–H groups in total. The van der Waals surface area contributed by atoms with Crippen LogP contribution in [0.1, 0.15) is 6.42 Å². The molecule has 0 saturated heterocycles. The van der Waals surface area contributed by atoms with Gasteiger partial charge in [-0.15, -0.1) is 11.8 Å². The number of nitrogens with zero attached hydrogens (tertiary/aromatic N) is 1. The van der Waals surface area contributed by atoms with Crippen molar-refractivity contribution in [2.75, 3.05) is 11.5 Å². The first-order chi connectivity index (χ1) is 8.29. The van der Waals surface area contributed by atoms with E-state index in [1.54, 1.807) is 0 Å². The summed E-state index contributed by atoms with van der Waals surface area (Å²) in [6.07, 6.45) is 0.212. The van der Waals surface area contributed by atoms with Crippen molar-refractivity contribution in [3.05, 3.63) is 33.3 Å². The predicted octanol–water partition coefficient (Wildman–Crippen LogP) is 2.62. The van der Waals surface area contributed by atoms with Gasteiger partial charge < -0.3 is 0 Å². The minimum atomic E-state index is -3.98. The standard InChI is InChI=1S/C9H10ClNO5S2/c10-7-2-3-9(8(6-7)11(12)13)17-4-1-5-18(14,15)16/h2-3,6H,1,4-5H2,(H,14,15,16). The number of rotatable bonds is 6. The summed E-state index contributed by atoms with van der Waals surface area (Å²) >= 11 is 6.80. The Labute approximate surface area is 113 Å². The number of halogens is 1. The zero-order valence-electron chi connectivity index (χ0n) is 9.08. The first-order valence-corrected chi connectivity index (χ1v) is 7.79. The Hall–Kier alpha value is -0.830. The van der Waals surface area contributed by atoms with Gasteiger partial charge in [-0.1, -0.05) is 11.6 Å². The first-order valence-electron chi connectivity index (χ1n) is 4.81. The summed E-state index contributed by atoms with van der Waals surface area (Å²) in [6, 6.07) is 4.28. The molecule has 0 atom stereocenters. The topological polar surface area (TPSA) is 97.5 Å². The van der Waals surface area contributed by atoms with Gasteiger partial charge in [0, 0.05) is 11.1 Å². The molecular formula is C9H10ClNO5S2. The highest BCUT2D eigenvalue weighted by Crippen LogP contribution is 2.31. The van der Waals surface area contributed by atoms with Crippen LogP contribution in [0.3, 0.4) is 0 Å². The summed E-state index contributed by atoms with van der Waals surface area (Å²) in [6.45, 7) is 0. The highest BCUT2D eigenvalue weighted by molar-refractivity contribution is 7.99. The molecule has 0 aromatic heterocycles. The lowest BCUT2D eigenvalue weighted by Gasteiger charge is -2.02. The molecule has 100 valence electrons. The van der Waals surface area contributed by atoms with Gasteiger partial charge in [0.1, 0.15) is 0 Å². The molecule has 1 aromatic rings. The van der Waals surface area contributed by atoms with Gasteiger partial charge in [-0.2, -0.15) is 8.42 Å². The van der Waals surface area contributed by atoms with Crippen molar-refractivity contribution in [3.63, 3.8) is 0 Å². The van der Waals surface area contributed by atoms with Crippen LogP contribution in [0.5, 0.6) is 0 Å². The van der Waals surface area contributed by atoms with Crippen LogP contribution in [-0.2, 0) is 10.1 Å². The fourth-order valence-corrected chi connectivity index (χ4v) is 2.99. The molecule has 0 unspecified atom stereocenters. The Morgan fingerprint density at radius 1 is 1.44 bits per heavy atom. The summed E-state index contributed by atoms with van der Waals surface area (Å²) in [4.78, 5) is 10.6. The molecule has 0 fully saturated rings. The molecule has 0 spiro atoms. The molecule has 1 rings (SSSR count). The smallest absolute Gasteiger partial charge is 0.284 e. The van der Waals surface area contributed by atoms with E-state index in [0.29, 0.717) is 10.6 Å². The average Bonchev–Trinajstić information content (AvgIpc) is 2.24. The zero-order valence-corrected chi connectivity index (χ0v) is 11.5. The molecule has 0 heterocycles. The third-order valence-corrected chi connectivity index (χ3v) is 4.11. The number of hydrogen-bond acceptors (Lipinski definition) is 5. The van der Waals surface area contributed by atoms with Crippen molar-refractivity contribution < 1.29 is 17.9 Å². The van der Waals surface area contributed by atoms with Crippen LogP contribution in [0.25, 0.3) is 0 Å². The van der Waals surface area contributed by atoms with Crippen LogP contribution in [0.15, 0.2) is 23.1 Å². The average molecular weight is 312 g/mol. The van der Waals surface area contributed by atoms with E-state index in [-0.39, 0.29) is 22.9 Å². The number of thioether (sulfide) groups is 1. The minimum absolute atomic E-state index is 0.112. The molecule has 18 heavy (non-hydrogen) atoms. The summed E-state index contributed by atoms with van der Waals surface area (Å²) in [5.41, 5.74) is -0.112. The third kappa shape index (κ3) is 5.21. The van der Waals surface area contributed by atoms with E-state index in [1.165, 1.54) is 18.2 Å². The summed E-state index contributed by atoms with van der Waals surface area (Å²) in [5.74, 6) is -0.0103. The fourth-order valence-electron chi connectivity index (χ4n) is 1.18. The van der Waals surface area contributed by atoms with E-state index in [9.17, 15) is 18.5 Å². The lowest BCUT2D eigenvalue weighted by Crippen LogP contribution is -2.04. The van der Waals surface area contributed by atoms with Crippen molar-refractivity contribution in [1.29, 1.82) is 0 Å². The number of nitro benzene ring substituents is 1. The van der Waals surface area contributed by atoms with Crippen molar-refractivity contribution in [2.24, 2.45) is 0 Å². The molecule has 0 aliphatic heterocycles. The summed E-state index contributed by atoms with van der Waals surface area (Å²) in [7, 11) is -3.98. The summed E-state index contributed by atoms with van der Waals surface area (Å²) in [5, 5.41) is 11.0. The van der Waals surface area contributed by atoms with E-state index in [1.807, 2.05) is 0 Å². The van der Waals surface area contributed by atoms with E-state index >= 15 is 0 Å². The van der Waals surface area contributed by atoms with Crippen LogP contribution in [0, 0.1) is 10.1 Å². The zero-order chi connectivity index (χ0) is 13.8. The van der Waals surface area contributed by atoms with Crippen molar-refractivity contribution in [1.82, 2.24) is 0 Å². The fraction of sp³-hybridized carbons (Fsp3) is 0.333. The predicted molar refractivity (Wildman–Crippen MR) is 69.9 cm³/mol. The van der Waals surface area contributed by atoms with Gasteiger partial charge in [0.15, 0.2) is 0 Å². The van der Waals surface area contributed by atoms with E-state index in [4.69, 9.17) is 16.2 Å². The van der Waals surface area contributed by atoms with Crippen LogP contribution in [0.2, 0.25) is 5.02 Å². The second-order valence-corrected chi connectivity index (χ2v) is 6.50. The van der Waals surface area contributed by atoms with Crippen LogP contribution in [0.4, 0.5) is 5.69 Å². The van der Waals surface area contributed by atoms with Gasteiger partial charge in [-0.05, 0) is 24.3 Å². The van der Waals surface area contributed by atoms with Crippen molar-refractivity contribution in [3.8, 4) is 0 Å². The highest BCUT2D eigenvalue weighted by atomic mass is 35.5. The van der Waals surface area contributed by atoms with E-state index < -0.39 is 15.0 Å². The molecule has 0 radical (unpaired) electrons. The Kier molecular flexibility index (Phi) is 5.39. The van der Waals surface area contributed by atoms with Crippen molar-refractivity contribution >= 4 is 39.2 Å². The van der Waals surface area contributed by atoms with Gasteiger partial charge in [-0.25, -0.2) is 0 Å². The minimum Gasteiger partial charge on any atom is -0.286 e. The Bertz CT molecular complexity index is 546. The maximum atomic E-state index is 10.8. The Morgan fingerprint density at radius 3 is 2.67 bits per heavy atom. The molecule has 6 nitrogen and oxygen atoms in total. The number of nitro groups is 1. The first kappa shape index (κ1) is 15.2. The van der Waals surface area contributed by atoms with Gasteiger partial charge in [0.2, 0.25) is 0 Å². The number of hydrogen-bond donors (Lipinski definition) is 1. The maximum Gasteiger partial charge on any atom is 0.284 e. The Balaban J connectivity index is 2.65. The van der Waals surface area contributed by atoms with Gasteiger partial charge in [0.25, 0.3) is 15.8 Å². The third-order valence-electron chi connectivity index (χ3n) is 1.92. The lowest BCUT2D eigenvalue weighted by atomic mass is 10.3. The van der Waals surface area contributed by atoms with Crippen molar-refractivity contribution in [2.45, 2.75) is 11.3 Å². The Morgan fingerprint density at radius 2 is 2.11 bits per heavy atom. The maximum absolute atomic E-state index is 10.8. The highest BCUT2D eigenvalue weighted by Gasteiger charge is 2.14. The van der Waals surface area contributed by atoms with Crippen LogP contribution in [-0.4, -0.2) is 29.4 Å². The number of benzene rings is 1. The lowest BCUT2D eigenvalue weighted by molar-refractivity contribution is -0.387. The van der Waals surface area contributed by atoms with Gasteiger partial charge >= 0.3 is 0 Å². The van der Waals surface area contributed by atoms with Crippen LogP contribution < -0.4 is 0 Å². The molecule has 0 bridgehead atoms.